The Labute approximate surface area is 108 Å². The average molecular weight is 342 g/mol. The zero-order valence-corrected chi connectivity index (χ0v) is 11.1. The molecule has 0 bridgehead atoms. The highest BCUT2D eigenvalue weighted by Gasteiger charge is 2.13. The summed E-state index contributed by atoms with van der Waals surface area (Å²) in [5.41, 5.74) is 1.96. The maximum absolute atomic E-state index is 9.85. The van der Waals surface area contributed by atoms with Crippen molar-refractivity contribution in [2.24, 2.45) is 0 Å². The molecule has 2 N–H and O–H groups in total. The lowest BCUT2D eigenvalue weighted by atomic mass is 10.2. The molecule has 0 radical (unpaired) electrons. The third-order valence-corrected chi connectivity index (χ3v) is 3.93. The van der Waals surface area contributed by atoms with E-state index in [9.17, 15) is 5.11 Å². The molecule has 2 aromatic heterocycles. The monoisotopic (exact) mass is 340 g/mol. The van der Waals surface area contributed by atoms with Crippen molar-refractivity contribution in [1.29, 1.82) is 0 Å². The molecular formula is C11H6Br2N2O. The minimum atomic E-state index is 0.206. The number of hydrogen-bond donors (Lipinski definition) is 2. The number of nitrogens with one attached hydrogen (secondary N) is 1. The molecule has 1 aromatic carbocycles. The van der Waals surface area contributed by atoms with E-state index in [0.29, 0.717) is 8.95 Å². The van der Waals surface area contributed by atoms with Gasteiger partial charge in [0.05, 0.1) is 8.95 Å². The topological polar surface area (TPSA) is 48.9 Å². The van der Waals surface area contributed by atoms with Crippen molar-refractivity contribution in [2.45, 2.75) is 0 Å². The highest BCUT2D eigenvalue weighted by atomic mass is 79.9. The number of aromatic hydroxyl groups is 1. The van der Waals surface area contributed by atoms with Gasteiger partial charge in [-0.2, -0.15) is 0 Å². The molecule has 0 saturated heterocycles. The van der Waals surface area contributed by atoms with Crippen LogP contribution in [0.5, 0.6) is 5.75 Å². The Morgan fingerprint density at radius 1 is 1.25 bits per heavy atom. The van der Waals surface area contributed by atoms with E-state index in [2.05, 4.69) is 41.8 Å². The number of H-pyrrole nitrogens is 1. The number of phenolic OH excluding ortho intramolecular Hbond substituents is 1. The summed E-state index contributed by atoms with van der Waals surface area (Å²) in [7, 11) is 0. The molecule has 0 amide bonds. The minimum Gasteiger partial charge on any atom is -0.506 e. The average Bonchev–Trinajstić information content (AvgIpc) is 2.64. The van der Waals surface area contributed by atoms with Crippen LogP contribution in [0.15, 0.2) is 33.5 Å². The van der Waals surface area contributed by atoms with Gasteiger partial charge in [-0.1, -0.05) is 0 Å². The fourth-order valence-corrected chi connectivity index (χ4v) is 3.15. The molecule has 80 valence electrons. The SMILES string of the molecule is Oc1c(Br)cc2[nH]c3ccncc3c2c1Br. The van der Waals surface area contributed by atoms with Crippen molar-refractivity contribution in [3.63, 3.8) is 0 Å². The molecule has 0 aliphatic carbocycles. The Hall–Kier alpha value is -1.07. The number of hydrogen-bond acceptors (Lipinski definition) is 2. The molecule has 0 spiro atoms. The molecule has 0 aliphatic heterocycles. The molecule has 0 saturated carbocycles. The quantitative estimate of drug-likeness (QED) is 0.650. The van der Waals surface area contributed by atoms with Gasteiger partial charge in [-0.3, -0.25) is 4.98 Å². The second-order valence-electron chi connectivity index (χ2n) is 3.49. The highest BCUT2D eigenvalue weighted by Crippen LogP contribution is 2.41. The number of fused-ring (bicyclic) bond motifs is 3. The van der Waals surface area contributed by atoms with Crippen LogP contribution in [0.1, 0.15) is 0 Å². The summed E-state index contributed by atoms with van der Waals surface area (Å²) >= 11 is 6.71. The molecule has 0 fully saturated rings. The lowest BCUT2D eigenvalue weighted by Crippen LogP contribution is -1.75. The second kappa shape index (κ2) is 3.46. The minimum absolute atomic E-state index is 0.206. The van der Waals surface area contributed by atoms with Crippen LogP contribution < -0.4 is 0 Å². The summed E-state index contributed by atoms with van der Waals surface area (Å²) in [6.45, 7) is 0. The van der Waals surface area contributed by atoms with Crippen LogP contribution in [-0.2, 0) is 0 Å². The number of nitrogens with zero attached hydrogens (tertiary/aromatic N) is 1. The molecule has 16 heavy (non-hydrogen) atoms. The molecular weight excluding hydrogens is 336 g/mol. The van der Waals surface area contributed by atoms with Crippen molar-refractivity contribution in [2.75, 3.05) is 0 Å². The van der Waals surface area contributed by atoms with Gasteiger partial charge < -0.3 is 10.1 Å². The van der Waals surface area contributed by atoms with Gasteiger partial charge >= 0.3 is 0 Å². The van der Waals surface area contributed by atoms with Gasteiger partial charge in [0, 0.05) is 34.2 Å². The second-order valence-corrected chi connectivity index (χ2v) is 5.14. The van der Waals surface area contributed by atoms with Gasteiger partial charge in [-0.05, 0) is 44.0 Å². The lowest BCUT2D eigenvalue weighted by molar-refractivity contribution is 0.469. The first-order valence-corrected chi connectivity index (χ1v) is 6.19. The van der Waals surface area contributed by atoms with E-state index in [1.807, 2.05) is 12.1 Å². The smallest absolute Gasteiger partial charge is 0.144 e. The standard InChI is InChI=1S/C11H6Br2N2O/c12-6-3-8-9(10(13)11(6)16)5-4-14-2-1-7(5)15-8/h1-4,15-16H. The number of aromatic amines is 1. The fourth-order valence-electron chi connectivity index (χ4n) is 1.82. The number of rotatable bonds is 0. The van der Waals surface area contributed by atoms with Crippen LogP contribution in [0.2, 0.25) is 0 Å². The maximum atomic E-state index is 9.85. The lowest BCUT2D eigenvalue weighted by Gasteiger charge is -2.01. The van der Waals surface area contributed by atoms with E-state index >= 15 is 0 Å². The van der Waals surface area contributed by atoms with Crippen molar-refractivity contribution in [3.05, 3.63) is 33.5 Å². The van der Waals surface area contributed by atoms with Crippen molar-refractivity contribution in [3.8, 4) is 5.75 Å². The summed E-state index contributed by atoms with van der Waals surface area (Å²) in [6, 6.07) is 3.77. The van der Waals surface area contributed by atoms with Crippen LogP contribution in [0.25, 0.3) is 21.8 Å². The molecule has 3 rings (SSSR count). The normalized spacial score (nSPS) is 11.4. The predicted molar refractivity (Wildman–Crippen MR) is 70.7 cm³/mol. The molecule has 2 heterocycles. The van der Waals surface area contributed by atoms with Crippen LogP contribution >= 0.6 is 31.9 Å². The summed E-state index contributed by atoms with van der Waals surface area (Å²) in [4.78, 5) is 7.37. The van der Waals surface area contributed by atoms with E-state index in [1.54, 1.807) is 12.4 Å². The van der Waals surface area contributed by atoms with Crippen LogP contribution in [-0.4, -0.2) is 15.1 Å². The van der Waals surface area contributed by atoms with E-state index in [1.165, 1.54) is 0 Å². The predicted octanol–water partition coefficient (Wildman–Crippen LogP) is 3.95. The van der Waals surface area contributed by atoms with Crippen molar-refractivity contribution >= 4 is 53.7 Å². The van der Waals surface area contributed by atoms with E-state index in [4.69, 9.17) is 0 Å². The van der Waals surface area contributed by atoms with E-state index in [0.717, 1.165) is 21.8 Å². The van der Waals surface area contributed by atoms with Gasteiger partial charge in [-0.25, -0.2) is 0 Å². The number of phenols is 1. The summed E-state index contributed by atoms with van der Waals surface area (Å²) < 4.78 is 1.34. The van der Waals surface area contributed by atoms with Crippen molar-refractivity contribution < 1.29 is 5.11 Å². The zero-order chi connectivity index (χ0) is 11.3. The third-order valence-electron chi connectivity index (χ3n) is 2.55. The van der Waals surface area contributed by atoms with Crippen LogP contribution in [0.3, 0.4) is 0 Å². The Morgan fingerprint density at radius 2 is 2.06 bits per heavy atom. The van der Waals surface area contributed by atoms with Gasteiger partial charge in [-0.15, -0.1) is 0 Å². The van der Waals surface area contributed by atoms with Crippen LogP contribution in [0, 0.1) is 0 Å². The fraction of sp³-hybridized carbons (Fsp3) is 0. The number of aromatic nitrogens is 2. The van der Waals surface area contributed by atoms with E-state index < -0.39 is 0 Å². The zero-order valence-electron chi connectivity index (χ0n) is 7.96. The molecule has 0 aliphatic rings. The summed E-state index contributed by atoms with van der Waals surface area (Å²) in [5, 5.41) is 11.8. The van der Waals surface area contributed by atoms with Gasteiger partial charge in [0.15, 0.2) is 0 Å². The van der Waals surface area contributed by atoms with Crippen molar-refractivity contribution in [1.82, 2.24) is 9.97 Å². The Balaban J connectivity index is 2.62. The van der Waals surface area contributed by atoms with E-state index in [-0.39, 0.29) is 5.75 Å². The highest BCUT2D eigenvalue weighted by molar-refractivity contribution is 9.11. The summed E-state index contributed by atoms with van der Waals surface area (Å²) in [6.07, 6.45) is 3.52. The van der Waals surface area contributed by atoms with Gasteiger partial charge in [0.25, 0.3) is 0 Å². The molecule has 0 atom stereocenters. The summed E-state index contributed by atoms with van der Waals surface area (Å²) in [5.74, 6) is 0.206. The Morgan fingerprint density at radius 3 is 2.88 bits per heavy atom. The first kappa shape index (κ1) is 10.1. The number of pyridine rings is 1. The molecule has 5 heteroatoms. The molecule has 3 nitrogen and oxygen atoms in total. The largest absolute Gasteiger partial charge is 0.506 e. The molecule has 0 unspecified atom stereocenters. The Kier molecular flexibility index (Phi) is 2.19. The van der Waals surface area contributed by atoms with Gasteiger partial charge in [0.1, 0.15) is 5.75 Å². The first-order valence-electron chi connectivity index (χ1n) is 4.61. The number of halogens is 2. The third kappa shape index (κ3) is 1.28. The van der Waals surface area contributed by atoms with Gasteiger partial charge in [0.2, 0.25) is 0 Å². The first-order chi connectivity index (χ1) is 7.68. The Bertz CT molecular complexity index is 706. The maximum Gasteiger partial charge on any atom is 0.144 e. The molecule has 3 aromatic rings. The number of benzene rings is 1. The van der Waals surface area contributed by atoms with Crippen LogP contribution in [0.4, 0.5) is 0 Å².